The molecule has 3 aromatic carbocycles. The number of methoxy groups -OCH3 is 1. The lowest BCUT2D eigenvalue weighted by Gasteiger charge is -2.24. The first kappa shape index (κ1) is 28.7. The lowest BCUT2D eigenvalue weighted by molar-refractivity contribution is -0.132. The molecule has 0 bridgehead atoms. The number of hydrogen-bond donors (Lipinski definition) is 1. The van der Waals surface area contributed by atoms with Crippen molar-refractivity contribution in [3.8, 4) is 23.0 Å². The van der Waals surface area contributed by atoms with Crippen molar-refractivity contribution in [2.45, 2.75) is 19.9 Å². The van der Waals surface area contributed by atoms with E-state index in [1.54, 1.807) is 67.8 Å². The Morgan fingerprint density at radius 1 is 0.976 bits per heavy atom. The number of ether oxygens (including phenoxy) is 4. The molecule has 1 aliphatic rings. The number of benzene rings is 3. The SMILES string of the molecule is C=CCOc1ccc(C2/C(=C(\O)c3ccc(OCC)cc3)C(=O)C(=O)N2c2nc3ccc(OC)cc3s2)cc1OCC. The van der Waals surface area contributed by atoms with E-state index in [1.165, 1.54) is 16.2 Å². The van der Waals surface area contributed by atoms with E-state index in [0.29, 0.717) is 58.0 Å². The number of hydrogen-bond acceptors (Lipinski definition) is 9. The van der Waals surface area contributed by atoms with Gasteiger partial charge in [0, 0.05) is 5.56 Å². The molecule has 1 atom stereocenters. The molecule has 1 aliphatic heterocycles. The molecule has 1 aromatic heterocycles. The fourth-order valence-corrected chi connectivity index (χ4v) is 5.75. The lowest BCUT2D eigenvalue weighted by atomic mass is 9.95. The zero-order valence-electron chi connectivity index (χ0n) is 23.5. The molecule has 0 radical (unpaired) electrons. The molecule has 1 unspecified atom stereocenters. The van der Waals surface area contributed by atoms with Gasteiger partial charge in [0.05, 0.1) is 42.2 Å². The van der Waals surface area contributed by atoms with Crippen LogP contribution in [-0.4, -0.2) is 48.7 Å². The summed E-state index contributed by atoms with van der Waals surface area (Å²) in [5.74, 6) is 0.234. The highest BCUT2D eigenvalue weighted by Gasteiger charge is 2.48. The van der Waals surface area contributed by atoms with Gasteiger partial charge < -0.3 is 24.1 Å². The molecule has 0 aliphatic carbocycles. The van der Waals surface area contributed by atoms with Crippen LogP contribution in [0.4, 0.5) is 5.13 Å². The van der Waals surface area contributed by atoms with Crippen LogP contribution in [0.1, 0.15) is 31.0 Å². The number of aliphatic hydroxyl groups is 1. The lowest BCUT2D eigenvalue weighted by Crippen LogP contribution is -2.29. The van der Waals surface area contributed by atoms with Crippen LogP contribution in [0.3, 0.4) is 0 Å². The number of Topliss-reactive ketones (excluding diaryl/α,β-unsaturated/α-hetero) is 1. The largest absolute Gasteiger partial charge is 0.507 e. The predicted molar refractivity (Wildman–Crippen MR) is 162 cm³/mol. The van der Waals surface area contributed by atoms with Crippen molar-refractivity contribution in [1.82, 2.24) is 4.98 Å². The Labute approximate surface area is 247 Å². The summed E-state index contributed by atoms with van der Waals surface area (Å²) in [7, 11) is 1.57. The van der Waals surface area contributed by atoms with E-state index >= 15 is 0 Å². The van der Waals surface area contributed by atoms with E-state index < -0.39 is 17.7 Å². The van der Waals surface area contributed by atoms with Gasteiger partial charge >= 0.3 is 5.91 Å². The highest BCUT2D eigenvalue weighted by molar-refractivity contribution is 7.22. The van der Waals surface area contributed by atoms with Crippen LogP contribution in [0.2, 0.25) is 0 Å². The first-order valence-electron chi connectivity index (χ1n) is 13.4. The maximum Gasteiger partial charge on any atom is 0.301 e. The first-order valence-corrected chi connectivity index (χ1v) is 14.2. The van der Waals surface area contributed by atoms with Crippen LogP contribution < -0.4 is 23.8 Å². The van der Waals surface area contributed by atoms with Gasteiger partial charge in [-0.3, -0.25) is 14.5 Å². The zero-order valence-corrected chi connectivity index (χ0v) is 24.3. The number of aromatic nitrogens is 1. The maximum atomic E-state index is 13.7. The standard InChI is InChI=1S/C32H30N2O7S/c1-5-16-41-24-15-10-20(17-25(24)40-7-3)28-27(29(35)19-8-11-21(12-9-19)39-6-2)30(36)31(37)34(28)32-33-23-14-13-22(38-4)18-26(23)42-32/h5,8-15,17-18,28,35H,1,6-7,16H2,2-4H3/b29-27+. The Bertz CT molecular complexity index is 1680. The number of nitrogens with zero attached hydrogens (tertiary/aromatic N) is 2. The van der Waals surface area contributed by atoms with E-state index in [2.05, 4.69) is 11.6 Å². The molecular weight excluding hydrogens is 556 g/mol. The van der Waals surface area contributed by atoms with Crippen molar-refractivity contribution in [3.05, 3.63) is 90.0 Å². The summed E-state index contributed by atoms with van der Waals surface area (Å²) in [5.41, 5.74) is 1.48. The van der Waals surface area contributed by atoms with E-state index in [-0.39, 0.29) is 17.9 Å². The molecule has 0 saturated carbocycles. The van der Waals surface area contributed by atoms with Crippen molar-refractivity contribution >= 4 is 44.1 Å². The Kier molecular flexibility index (Phi) is 8.44. The fourth-order valence-electron chi connectivity index (χ4n) is 4.73. The van der Waals surface area contributed by atoms with Gasteiger partial charge in [-0.25, -0.2) is 4.98 Å². The highest BCUT2D eigenvalue weighted by Crippen LogP contribution is 2.46. The number of rotatable bonds is 11. The van der Waals surface area contributed by atoms with E-state index in [0.717, 1.165) is 4.70 Å². The zero-order chi connectivity index (χ0) is 29.8. The van der Waals surface area contributed by atoms with Gasteiger partial charge in [-0.15, -0.1) is 0 Å². The Hall–Kier alpha value is -4.83. The van der Waals surface area contributed by atoms with Gasteiger partial charge in [-0.1, -0.05) is 30.1 Å². The van der Waals surface area contributed by atoms with Crippen molar-refractivity contribution < 1.29 is 33.6 Å². The molecular formula is C32H30N2O7S. The number of thiazole rings is 1. The van der Waals surface area contributed by atoms with Gasteiger partial charge in [-0.2, -0.15) is 0 Å². The van der Waals surface area contributed by atoms with Crippen LogP contribution >= 0.6 is 11.3 Å². The van der Waals surface area contributed by atoms with Crippen LogP contribution in [0.15, 0.2) is 78.9 Å². The van der Waals surface area contributed by atoms with Crippen molar-refractivity contribution in [2.75, 3.05) is 31.8 Å². The number of carbonyl (C=O) groups excluding carboxylic acids is 2. The quantitative estimate of drug-likeness (QED) is 0.0945. The summed E-state index contributed by atoms with van der Waals surface area (Å²) >= 11 is 1.25. The third-order valence-electron chi connectivity index (χ3n) is 6.61. The minimum absolute atomic E-state index is 0.0665. The predicted octanol–water partition coefficient (Wildman–Crippen LogP) is 6.29. The number of amides is 1. The third-order valence-corrected chi connectivity index (χ3v) is 7.63. The van der Waals surface area contributed by atoms with Crippen LogP contribution in [-0.2, 0) is 9.59 Å². The average Bonchev–Trinajstić information content (AvgIpc) is 3.54. The van der Waals surface area contributed by atoms with Crippen molar-refractivity contribution in [1.29, 1.82) is 0 Å². The summed E-state index contributed by atoms with van der Waals surface area (Å²) in [5, 5.41) is 11.8. The number of fused-ring (bicyclic) bond motifs is 1. The molecule has 10 heteroatoms. The van der Waals surface area contributed by atoms with Crippen LogP contribution in [0.25, 0.3) is 16.0 Å². The molecule has 5 rings (SSSR count). The van der Waals surface area contributed by atoms with E-state index in [9.17, 15) is 14.7 Å². The first-order chi connectivity index (χ1) is 20.4. The number of anilines is 1. The Balaban J connectivity index is 1.69. The molecule has 4 aromatic rings. The maximum absolute atomic E-state index is 13.7. The number of ketones is 1. The Morgan fingerprint density at radius 3 is 2.40 bits per heavy atom. The van der Waals surface area contributed by atoms with E-state index in [1.807, 2.05) is 19.9 Å². The summed E-state index contributed by atoms with van der Waals surface area (Å²) < 4.78 is 23.3. The molecule has 9 nitrogen and oxygen atoms in total. The number of carbonyl (C=O) groups is 2. The molecule has 216 valence electrons. The molecule has 1 N–H and O–H groups in total. The van der Waals surface area contributed by atoms with Gasteiger partial charge in [0.25, 0.3) is 5.78 Å². The van der Waals surface area contributed by atoms with Crippen molar-refractivity contribution in [2.24, 2.45) is 0 Å². The number of aliphatic hydroxyl groups excluding tert-OH is 1. The summed E-state index contributed by atoms with van der Waals surface area (Å²) in [6.45, 7) is 8.52. The van der Waals surface area contributed by atoms with Crippen LogP contribution in [0, 0.1) is 0 Å². The summed E-state index contributed by atoms with van der Waals surface area (Å²) in [4.78, 5) is 33.3. The molecule has 1 fully saturated rings. The topological polar surface area (TPSA) is 107 Å². The third kappa shape index (κ3) is 5.40. The molecule has 2 heterocycles. The second-order valence-corrected chi connectivity index (χ2v) is 10.2. The minimum Gasteiger partial charge on any atom is -0.507 e. The van der Waals surface area contributed by atoms with Gasteiger partial charge in [0.1, 0.15) is 23.9 Å². The second-order valence-electron chi connectivity index (χ2n) is 9.20. The monoisotopic (exact) mass is 586 g/mol. The molecule has 42 heavy (non-hydrogen) atoms. The minimum atomic E-state index is -0.994. The normalized spacial score (nSPS) is 16.1. The molecule has 0 spiro atoms. The fraction of sp³-hybridized carbons (Fsp3) is 0.219. The molecule has 1 saturated heterocycles. The van der Waals surface area contributed by atoms with Crippen LogP contribution in [0.5, 0.6) is 23.0 Å². The second kappa shape index (κ2) is 12.4. The van der Waals surface area contributed by atoms with E-state index in [4.69, 9.17) is 18.9 Å². The molecule has 1 amide bonds. The smallest absolute Gasteiger partial charge is 0.301 e. The summed E-state index contributed by atoms with van der Waals surface area (Å²) in [6.07, 6.45) is 1.62. The van der Waals surface area contributed by atoms with Gasteiger partial charge in [0.2, 0.25) is 0 Å². The highest BCUT2D eigenvalue weighted by atomic mass is 32.1. The van der Waals surface area contributed by atoms with Gasteiger partial charge in [-0.05, 0) is 74.0 Å². The Morgan fingerprint density at radius 2 is 1.71 bits per heavy atom. The van der Waals surface area contributed by atoms with Crippen molar-refractivity contribution in [3.63, 3.8) is 0 Å². The summed E-state index contributed by atoms with van der Waals surface area (Å²) in [6, 6.07) is 16.3. The van der Waals surface area contributed by atoms with Gasteiger partial charge in [0.15, 0.2) is 16.6 Å². The average molecular weight is 587 g/mol.